The summed E-state index contributed by atoms with van der Waals surface area (Å²) in [6.45, 7) is 5.75. The molecule has 1 aliphatic carbocycles. The lowest BCUT2D eigenvalue weighted by Crippen LogP contribution is -2.37. The van der Waals surface area contributed by atoms with Gasteiger partial charge in [-0.15, -0.1) is 11.3 Å². The quantitative estimate of drug-likeness (QED) is 0.239. The third kappa shape index (κ3) is 6.70. The van der Waals surface area contributed by atoms with Crippen LogP contribution in [0.1, 0.15) is 71.2 Å². The topological polar surface area (TPSA) is 120 Å². The zero-order valence-corrected chi connectivity index (χ0v) is 25.8. The summed E-state index contributed by atoms with van der Waals surface area (Å²) < 4.78 is 24.9. The maximum Gasteiger partial charge on any atom is 0.336 e. The van der Waals surface area contributed by atoms with Gasteiger partial charge < -0.3 is 25.8 Å². The van der Waals surface area contributed by atoms with Gasteiger partial charge in [0.15, 0.2) is 0 Å². The molecule has 0 saturated heterocycles. The van der Waals surface area contributed by atoms with Crippen molar-refractivity contribution in [3.8, 4) is 5.75 Å². The van der Waals surface area contributed by atoms with Gasteiger partial charge in [-0.2, -0.15) is 0 Å². The van der Waals surface area contributed by atoms with E-state index in [0.717, 1.165) is 18.4 Å². The van der Waals surface area contributed by atoms with E-state index in [1.807, 2.05) is 32.0 Å². The minimum absolute atomic E-state index is 0.0796. The second kappa shape index (κ2) is 13.5. The third-order valence-corrected chi connectivity index (χ3v) is 8.82. The Morgan fingerprint density at radius 2 is 1.80 bits per heavy atom. The maximum absolute atomic E-state index is 13.6. The molecule has 2 amide bonds. The molecular formula is C34H36FN3O5S. The molecule has 10 heteroatoms. The average molecular weight is 618 g/mol. The number of allylic oxidation sites excluding steroid dienone is 1. The number of primary amides is 1. The number of fused-ring (bicyclic) bond motifs is 1. The Balaban J connectivity index is 1.53. The van der Waals surface area contributed by atoms with E-state index in [1.54, 1.807) is 19.1 Å². The monoisotopic (exact) mass is 617 g/mol. The molecule has 0 bridgehead atoms. The number of carbonyl (C=O) groups excluding carboxylic acids is 3. The molecule has 44 heavy (non-hydrogen) atoms. The van der Waals surface area contributed by atoms with E-state index in [-0.39, 0.29) is 42.2 Å². The number of ether oxygens (including phenoxy) is 2. The molecule has 5 rings (SSSR count). The Hall–Kier alpha value is -4.44. The van der Waals surface area contributed by atoms with Crippen LogP contribution < -0.4 is 21.1 Å². The molecule has 8 nitrogen and oxygen atoms in total. The summed E-state index contributed by atoms with van der Waals surface area (Å²) in [4.78, 5) is 41.1. The predicted molar refractivity (Wildman–Crippen MR) is 166 cm³/mol. The molecule has 1 aliphatic heterocycles. The van der Waals surface area contributed by atoms with Gasteiger partial charge in [-0.25, -0.2) is 9.18 Å². The summed E-state index contributed by atoms with van der Waals surface area (Å²) in [5.41, 5.74) is 9.73. The summed E-state index contributed by atoms with van der Waals surface area (Å²) in [7, 11) is 0. The Labute approximate surface area is 260 Å². The molecule has 1 unspecified atom stereocenters. The number of esters is 1. The zero-order chi connectivity index (χ0) is 31.4. The predicted octanol–water partition coefficient (Wildman–Crippen LogP) is 5.67. The van der Waals surface area contributed by atoms with Crippen LogP contribution in [0.25, 0.3) is 0 Å². The molecule has 2 aliphatic rings. The van der Waals surface area contributed by atoms with Crippen LogP contribution >= 0.6 is 11.3 Å². The summed E-state index contributed by atoms with van der Waals surface area (Å²) in [5, 5.41) is 6.41. The number of dihydropyridines is 1. The number of thiophene rings is 1. The van der Waals surface area contributed by atoms with E-state index in [1.165, 1.54) is 41.2 Å². The second-order valence-electron chi connectivity index (χ2n) is 11.2. The van der Waals surface area contributed by atoms with Crippen molar-refractivity contribution in [2.75, 3.05) is 13.2 Å². The molecule has 230 valence electrons. The van der Waals surface area contributed by atoms with Crippen LogP contribution in [-0.4, -0.2) is 31.0 Å². The van der Waals surface area contributed by atoms with Crippen molar-refractivity contribution in [2.45, 2.75) is 52.0 Å². The van der Waals surface area contributed by atoms with Crippen LogP contribution in [0.5, 0.6) is 5.75 Å². The number of nitrogens with one attached hydrogen (secondary N) is 2. The largest absolute Gasteiger partial charge is 0.487 e. The van der Waals surface area contributed by atoms with Crippen LogP contribution in [0, 0.1) is 11.7 Å². The SMILES string of the molecule is CCOC(=O)C1=C(COc2ccc(F)cc2)NC(CC(C)C)=C(C(N)=O)C1c1ccc(C(=O)N[C@@H]2CCc3ccccc32)s1. The summed E-state index contributed by atoms with van der Waals surface area (Å²) in [6.07, 6.45) is 2.19. The number of benzene rings is 2. The van der Waals surface area contributed by atoms with E-state index in [9.17, 15) is 18.8 Å². The van der Waals surface area contributed by atoms with Crippen molar-refractivity contribution < 1.29 is 28.2 Å². The number of aryl methyl sites for hydroxylation is 1. The third-order valence-electron chi connectivity index (χ3n) is 7.67. The first-order valence-corrected chi connectivity index (χ1v) is 15.5. The van der Waals surface area contributed by atoms with Gasteiger partial charge in [0.1, 0.15) is 18.2 Å². The smallest absolute Gasteiger partial charge is 0.336 e. The molecule has 2 atom stereocenters. The van der Waals surface area contributed by atoms with Crippen molar-refractivity contribution in [1.82, 2.24) is 10.6 Å². The fraction of sp³-hybridized carbons (Fsp3) is 0.324. The van der Waals surface area contributed by atoms with Crippen LogP contribution in [0.15, 0.2) is 83.2 Å². The number of nitrogens with two attached hydrogens (primary N) is 1. The van der Waals surface area contributed by atoms with Crippen molar-refractivity contribution in [3.63, 3.8) is 0 Å². The molecule has 0 fully saturated rings. The Morgan fingerprint density at radius 3 is 2.50 bits per heavy atom. The first-order chi connectivity index (χ1) is 21.2. The highest BCUT2D eigenvalue weighted by molar-refractivity contribution is 7.14. The molecule has 3 aromatic rings. The van der Waals surface area contributed by atoms with Gasteiger partial charge in [0, 0.05) is 16.1 Å². The molecule has 4 N–H and O–H groups in total. The molecule has 0 radical (unpaired) electrons. The van der Waals surface area contributed by atoms with Gasteiger partial charge in [-0.3, -0.25) is 9.59 Å². The average Bonchev–Trinajstić information content (AvgIpc) is 3.64. The van der Waals surface area contributed by atoms with Gasteiger partial charge in [0.05, 0.1) is 34.7 Å². The number of hydrogen-bond acceptors (Lipinski definition) is 7. The molecule has 2 aromatic carbocycles. The van der Waals surface area contributed by atoms with Gasteiger partial charge in [-0.05, 0) is 79.6 Å². The Kier molecular flexibility index (Phi) is 9.49. The van der Waals surface area contributed by atoms with E-state index in [2.05, 4.69) is 16.7 Å². The molecule has 2 heterocycles. The van der Waals surface area contributed by atoms with E-state index in [0.29, 0.717) is 33.3 Å². The standard InChI is InChI=1S/C34H36FN3O5S/c1-4-42-34(41)30-26(18-43-22-12-10-21(35)11-13-22)37-25(17-19(2)3)29(32(36)39)31(30)27-15-16-28(44-27)33(40)38-24-14-9-20-7-5-6-8-23(20)24/h5-8,10-13,15-16,19,24,31,37H,4,9,14,17-18H2,1-3H3,(H2,36,39)(H,38,40)/t24-,31?/m1/s1. The highest BCUT2D eigenvalue weighted by Crippen LogP contribution is 2.43. The van der Waals surface area contributed by atoms with Crippen molar-refractivity contribution in [3.05, 3.63) is 110 Å². The van der Waals surface area contributed by atoms with Crippen molar-refractivity contribution >= 4 is 29.1 Å². The molecule has 1 aromatic heterocycles. The maximum atomic E-state index is 13.6. The lowest BCUT2D eigenvalue weighted by atomic mass is 9.82. The number of rotatable bonds is 11. The summed E-state index contributed by atoms with van der Waals surface area (Å²) in [6, 6.07) is 17.0. The van der Waals surface area contributed by atoms with Gasteiger partial charge >= 0.3 is 5.97 Å². The van der Waals surface area contributed by atoms with E-state index < -0.39 is 23.6 Å². The summed E-state index contributed by atoms with van der Waals surface area (Å²) >= 11 is 1.21. The zero-order valence-electron chi connectivity index (χ0n) is 24.9. The fourth-order valence-electron chi connectivity index (χ4n) is 5.77. The Morgan fingerprint density at radius 1 is 1.05 bits per heavy atom. The summed E-state index contributed by atoms with van der Waals surface area (Å²) in [5.74, 6) is -2.28. The second-order valence-corrected chi connectivity index (χ2v) is 12.3. The van der Waals surface area contributed by atoms with Crippen molar-refractivity contribution in [1.29, 1.82) is 0 Å². The highest BCUT2D eigenvalue weighted by atomic mass is 32.1. The van der Waals surface area contributed by atoms with Crippen LogP contribution in [-0.2, 0) is 20.7 Å². The first kappa shape index (κ1) is 31.0. The Bertz CT molecular complexity index is 1630. The molecular weight excluding hydrogens is 581 g/mol. The van der Waals surface area contributed by atoms with E-state index in [4.69, 9.17) is 15.2 Å². The number of amides is 2. The fourth-order valence-corrected chi connectivity index (χ4v) is 6.80. The van der Waals surface area contributed by atoms with Gasteiger partial charge in [0.25, 0.3) is 5.91 Å². The molecule has 0 saturated carbocycles. The van der Waals surface area contributed by atoms with Gasteiger partial charge in [0.2, 0.25) is 5.91 Å². The highest BCUT2D eigenvalue weighted by Gasteiger charge is 2.40. The minimum atomic E-state index is -0.882. The van der Waals surface area contributed by atoms with Crippen molar-refractivity contribution in [2.24, 2.45) is 11.7 Å². The number of hydrogen-bond donors (Lipinski definition) is 3. The normalized spacial score (nSPS) is 17.8. The lowest BCUT2D eigenvalue weighted by Gasteiger charge is -2.32. The first-order valence-electron chi connectivity index (χ1n) is 14.7. The minimum Gasteiger partial charge on any atom is -0.487 e. The van der Waals surface area contributed by atoms with Crippen LogP contribution in [0.2, 0.25) is 0 Å². The van der Waals surface area contributed by atoms with E-state index >= 15 is 0 Å². The number of halogens is 1. The van der Waals surface area contributed by atoms with Crippen LogP contribution in [0.3, 0.4) is 0 Å². The molecule has 0 spiro atoms. The number of carbonyl (C=O) groups is 3. The van der Waals surface area contributed by atoms with Crippen LogP contribution in [0.4, 0.5) is 4.39 Å². The lowest BCUT2D eigenvalue weighted by molar-refractivity contribution is -0.138. The van der Waals surface area contributed by atoms with Gasteiger partial charge in [-0.1, -0.05) is 38.1 Å².